The first-order valence-electron chi connectivity index (χ1n) is 8.41. The molecule has 0 spiro atoms. The number of hydrazine groups is 1. The first kappa shape index (κ1) is 15.7. The van der Waals surface area contributed by atoms with Crippen LogP contribution in [-0.2, 0) is 9.59 Å². The summed E-state index contributed by atoms with van der Waals surface area (Å²) in [6.45, 7) is 3.56. The van der Waals surface area contributed by atoms with Gasteiger partial charge in [-0.05, 0) is 19.9 Å². The lowest BCUT2D eigenvalue weighted by molar-refractivity contribution is -0.133. The van der Waals surface area contributed by atoms with E-state index in [2.05, 4.69) is 28.0 Å². The van der Waals surface area contributed by atoms with Crippen LogP contribution >= 0.6 is 0 Å². The fourth-order valence-electron chi connectivity index (χ4n) is 3.60. The highest BCUT2D eigenvalue weighted by atomic mass is 16.2. The smallest absolute Gasteiger partial charge is 0.237 e. The van der Waals surface area contributed by atoms with E-state index in [9.17, 15) is 9.59 Å². The molecule has 7 heteroatoms. The minimum Gasteiger partial charge on any atom is -0.350 e. The molecule has 3 rings (SSSR count). The van der Waals surface area contributed by atoms with Crippen molar-refractivity contribution in [2.24, 2.45) is 0 Å². The average molecular weight is 309 g/mol. The lowest BCUT2D eigenvalue weighted by Gasteiger charge is -2.40. The van der Waals surface area contributed by atoms with E-state index in [0.717, 1.165) is 39.0 Å². The maximum absolute atomic E-state index is 12.2. The van der Waals surface area contributed by atoms with Crippen molar-refractivity contribution in [3.8, 4) is 0 Å². The van der Waals surface area contributed by atoms with Crippen molar-refractivity contribution in [2.75, 3.05) is 33.2 Å². The van der Waals surface area contributed by atoms with Crippen LogP contribution in [0.25, 0.3) is 0 Å². The van der Waals surface area contributed by atoms with Crippen molar-refractivity contribution >= 4 is 11.8 Å². The molecule has 0 radical (unpaired) electrons. The molecular formula is C15H27N5O2. The van der Waals surface area contributed by atoms with Crippen LogP contribution in [0.15, 0.2) is 0 Å². The summed E-state index contributed by atoms with van der Waals surface area (Å²) in [5.74, 6) is -0.108. The Morgan fingerprint density at radius 1 is 1.18 bits per heavy atom. The monoisotopic (exact) mass is 309 g/mol. The van der Waals surface area contributed by atoms with E-state index in [1.807, 2.05) is 5.01 Å². The summed E-state index contributed by atoms with van der Waals surface area (Å²) >= 11 is 0. The van der Waals surface area contributed by atoms with Gasteiger partial charge in [0.05, 0.1) is 12.5 Å². The van der Waals surface area contributed by atoms with Crippen LogP contribution in [0.2, 0.25) is 0 Å². The summed E-state index contributed by atoms with van der Waals surface area (Å²) in [4.78, 5) is 26.6. The summed E-state index contributed by atoms with van der Waals surface area (Å²) < 4.78 is 0. The molecule has 3 fully saturated rings. The molecule has 7 nitrogen and oxygen atoms in total. The van der Waals surface area contributed by atoms with Crippen LogP contribution in [0, 0.1) is 0 Å². The van der Waals surface area contributed by atoms with E-state index in [0.29, 0.717) is 6.04 Å². The van der Waals surface area contributed by atoms with Crippen molar-refractivity contribution < 1.29 is 9.59 Å². The number of rotatable bonds is 3. The van der Waals surface area contributed by atoms with E-state index < -0.39 is 6.04 Å². The predicted molar refractivity (Wildman–Crippen MR) is 82.9 cm³/mol. The Hall–Kier alpha value is -1.18. The molecule has 2 amide bonds. The number of carbonyl (C=O) groups is 2. The molecule has 0 aromatic rings. The van der Waals surface area contributed by atoms with Gasteiger partial charge in [0.2, 0.25) is 11.8 Å². The van der Waals surface area contributed by atoms with E-state index in [-0.39, 0.29) is 24.3 Å². The molecular weight excluding hydrogens is 282 g/mol. The Balaban J connectivity index is 1.47. The van der Waals surface area contributed by atoms with Gasteiger partial charge in [0, 0.05) is 38.3 Å². The van der Waals surface area contributed by atoms with Crippen molar-refractivity contribution in [3.05, 3.63) is 0 Å². The number of nitrogens with one attached hydrogen (secondary N) is 3. The summed E-state index contributed by atoms with van der Waals surface area (Å²) in [5.41, 5.74) is 2.93. The molecule has 1 saturated carbocycles. The van der Waals surface area contributed by atoms with Gasteiger partial charge in [-0.15, -0.1) is 0 Å². The lowest BCUT2D eigenvalue weighted by atomic mass is 9.87. The third kappa shape index (κ3) is 3.77. The zero-order chi connectivity index (χ0) is 15.5. The molecule has 124 valence electrons. The minimum absolute atomic E-state index is 0.0309. The molecule has 0 aromatic carbocycles. The van der Waals surface area contributed by atoms with Crippen molar-refractivity contribution in [1.82, 2.24) is 26.0 Å². The van der Waals surface area contributed by atoms with Crippen molar-refractivity contribution in [1.29, 1.82) is 0 Å². The molecule has 0 unspecified atom stereocenters. The number of amides is 2. The first-order valence-corrected chi connectivity index (χ1v) is 8.41. The number of piperazine rings is 2. The van der Waals surface area contributed by atoms with Crippen LogP contribution in [0.4, 0.5) is 0 Å². The quantitative estimate of drug-likeness (QED) is 0.627. The van der Waals surface area contributed by atoms with Gasteiger partial charge < -0.3 is 15.5 Å². The first-order chi connectivity index (χ1) is 10.6. The zero-order valence-electron chi connectivity index (χ0n) is 13.3. The Labute approximate surface area is 131 Å². The number of hydrogen-bond acceptors (Lipinski definition) is 5. The fourth-order valence-corrected chi connectivity index (χ4v) is 3.60. The van der Waals surface area contributed by atoms with Gasteiger partial charge in [-0.3, -0.25) is 15.0 Å². The molecule has 22 heavy (non-hydrogen) atoms. The topological polar surface area (TPSA) is 76.7 Å². The summed E-state index contributed by atoms with van der Waals surface area (Å²) in [7, 11) is 2.08. The van der Waals surface area contributed by atoms with Gasteiger partial charge in [0.1, 0.15) is 0 Å². The second-order valence-electron chi connectivity index (χ2n) is 6.75. The Bertz CT molecular complexity index is 422. The van der Waals surface area contributed by atoms with Gasteiger partial charge in [-0.1, -0.05) is 12.8 Å². The molecule has 3 N–H and O–H groups in total. The molecule has 2 saturated heterocycles. The highest BCUT2D eigenvalue weighted by Crippen LogP contribution is 2.22. The van der Waals surface area contributed by atoms with Crippen molar-refractivity contribution in [2.45, 2.75) is 50.2 Å². The van der Waals surface area contributed by atoms with Gasteiger partial charge in [-0.2, -0.15) is 0 Å². The Kier molecular flexibility index (Phi) is 4.95. The molecule has 3 aliphatic rings. The number of fused-ring (bicyclic) bond motifs is 1. The third-order valence-corrected chi connectivity index (χ3v) is 5.00. The lowest BCUT2D eigenvalue weighted by Crippen LogP contribution is -2.65. The second-order valence-corrected chi connectivity index (χ2v) is 6.75. The Morgan fingerprint density at radius 3 is 2.59 bits per heavy atom. The summed E-state index contributed by atoms with van der Waals surface area (Å²) in [6, 6.07) is 0.179. The van der Waals surface area contributed by atoms with Crippen molar-refractivity contribution in [3.63, 3.8) is 0 Å². The predicted octanol–water partition coefficient (Wildman–Crippen LogP) is -0.946. The van der Waals surface area contributed by atoms with Crippen LogP contribution in [0.5, 0.6) is 0 Å². The molecule has 0 bridgehead atoms. The van der Waals surface area contributed by atoms with E-state index >= 15 is 0 Å². The number of hydrogen-bond donors (Lipinski definition) is 3. The average Bonchev–Trinajstić information content (AvgIpc) is 2.50. The number of carbonyl (C=O) groups excluding carboxylic acids is 2. The number of likely N-dealkylation sites (N-methyl/N-ethyl adjacent to an activating group) is 1. The molecule has 3 atom stereocenters. The summed E-state index contributed by atoms with van der Waals surface area (Å²) in [6.07, 6.45) is 4.72. The second kappa shape index (κ2) is 6.93. The van der Waals surface area contributed by atoms with Gasteiger partial charge in [-0.25, -0.2) is 5.01 Å². The Morgan fingerprint density at radius 2 is 1.86 bits per heavy atom. The van der Waals surface area contributed by atoms with Gasteiger partial charge in [0.25, 0.3) is 0 Å². The highest BCUT2D eigenvalue weighted by molar-refractivity contribution is 5.89. The van der Waals surface area contributed by atoms with Crippen LogP contribution in [0.3, 0.4) is 0 Å². The van der Waals surface area contributed by atoms with Gasteiger partial charge in [0.15, 0.2) is 0 Å². The normalized spacial score (nSPS) is 33.9. The molecule has 0 aromatic heterocycles. The highest BCUT2D eigenvalue weighted by Gasteiger charge is 2.37. The number of nitrogens with zero attached hydrogens (tertiary/aromatic N) is 2. The van der Waals surface area contributed by atoms with Crippen LogP contribution < -0.4 is 16.1 Å². The molecule has 2 aliphatic heterocycles. The SMILES string of the molecule is CN1CCN(NC(=O)C[C@@H]2N[C@@H]3CCCC[C@@H]3NC2=O)CC1. The summed E-state index contributed by atoms with van der Waals surface area (Å²) in [5, 5.41) is 8.41. The van der Waals surface area contributed by atoms with E-state index in [4.69, 9.17) is 0 Å². The fraction of sp³-hybridized carbons (Fsp3) is 0.867. The van der Waals surface area contributed by atoms with E-state index in [1.54, 1.807) is 0 Å². The van der Waals surface area contributed by atoms with Crippen LogP contribution in [0.1, 0.15) is 32.1 Å². The third-order valence-electron chi connectivity index (χ3n) is 5.00. The van der Waals surface area contributed by atoms with E-state index in [1.165, 1.54) is 12.8 Å². The van der Waals surface area contributed by atoms with Crippen LogP contribution in [-0.4, -0.2) is 73.1 Å². The molecule has 1 aliphatic carbocycles. The zero-order valence-corrected chi connectivity index (χ0v) is 13.3. The van der Waals surface area contributed by atoms with Gasteiger partial charge >= 0.3 is 0 Å². The minimum atomic E-state index is -0.396. The largest absolute Gasteiger partial charge is 0.350 e. The maximum Gasteiger partial charge on any atom is 0.237 e. The standard InChI is InChI=1S/C15H27N5O2/c1-19-6-8-20(9-7-19)18-14(21)10-13-15(22)17-12-5-3-2-4-11(12)16-13/h11-13,16H,2-10H2,1H3,(H,17,22)(H,18,21)/t11-,12+,13+/m1/s1. The maximum atomic E-state index is 12.2. The molecule has 2 heterocycles.